The van der Waals surface area contributed by atoms with Crippen molar-refractivity contribution in [1.29, 1.82) is 0 Å². The number of sulfonamides is 1. The summed E-state index contributed by atoms with van der Waals surface area (Å²) in [6.45, 7) is 5.90. The fourth-order valence-corrected chi connectivity index (χ4v) is 7.01. The molecule has 3 aromatic carbocycles. The molecule has 0 heterocycles. The smallest absolute Gasteiger partial charge is 0.264 e. The third kappa shape index (κ3) is 8.38. The molecule has 9 heteroatoms. The van der Waals surface area contributed by atoms with Crippen LogP contribution in [-0.4, -0.2) is 50.4 Å². The molecule has 1 fully saturated rings. The highest BCUT2D eigenvalue weighted by Crippen LogP contribution is 2.26. The Kier molecular flexibility index (Phi) is 11.2. The first-order valence-corrected chi connectivity index (χ1v) is 16.6. The molecule has 0 aliphatic heterocycles. The summed E-state index contributed by atoms with van der Waals surface area (Å²) in [5.74, 6) is -0.0931. The predicted molar refractivity (Wildman–Crippen MR) is 169 cm³/mol. The number of carbonyl (C=O) groups is 2. The highest BCUT2D eigenvalue weighted by atomic mass is 32.2. The molecule has 1 N–H and O–H groups in total. The minimum absolute atomic E-state index is 0.0416. The summed E-state index contributed by atoms with van der Waals surface area (Å²) in [4.78, 5) is 29.5. The van der Waals surface area contributed by atoms with E-state index in [2.05, 4.69) is 5.32 Å². The summed E-state index contributed by atoms with van der Waals surface area (Å²) in [7, 11) is -4.14. The van der Waals surface area contributed by atoms with Crippen LogP contribution in [0, 0.1) is 6.92 Å². The minimum atomic E-state index is -4.14. The van der Waals surface area contributed by atoms with Crippen molar-refractivity contribution < 1.29 is 22.7 Å². The van der Waals surface area contributed by atoms with Gasteiger partial charge in [-0.15, -0.1) is 0 Å². The zero-order valence-corrected chi connectivity index (χ0v) is 26.2. The molecule has 2 amide bonds. The zero-order valence-electron chi connectivity index (χ0n) is 25.4. The Morgan fingerprint density at radius 1 is 0.930 bits per heavy atom. The maximum atomic E-state index is 14.3. The minimum Gasteiger partial charge on any atom is -0.494 e. The molecule has 3 aromatic rings. The lowest BCUT2D eigenvalue weighted by Gasteiger charge is -2.34. The summed E-state index contributed by atoms with van der Waals surface area (Å²) in [6, 6.07) is 21.9. The van der Waals surface area contributed by atoms with Gasteiger partial charge in [0.1, 0.15) is 18.3 Å². The first-order chi connectivity index (χ1) is 20.7. The second kappa shape index (κ2) is 15.0. The number of carbonyl (C=O) groups excluding carboxylic acids is 2. The number of nitrogens with one attached hydrogen (secondary N) is 1. The van der Waals surface area contributed by atoms with Gasteiger partial charge in [-0.3, -0.25) is 13.9 Å². The Morgan fingerprint density at radius 3 is 2.26 bits per heavy atom. The van der Waals surface area contributed by atoms with E-state index in [0.29, 0.717) is 24.5 Å². The van der Waals surface area contributed by atoms with E-state index < -0.39 is 28.5 Å². The maximum absolute atomic E-state index is 14.3. The average Bonchev–Trinajstić information content (AvgIpc) is 3.01. The predicted octanol–water partition coefficient (Wildman–Crippen LogP) is 5.85. The highest BCUT2D eigenvalue weighted by Gasteiger charge is 2.34. The molecule has 1 aliphatic carbocycles. The lowest BCUT2D eigenvalue weighted by atomic mass is 9.95. The van der Waals surface area contributed by atoms with Gasteiger partial charge < -0.3 is 15.0 Å². The monoisotopic (exact) mass is 605 g/mol. The van der Waals surface area contributed by atoms with Gasteiger partial charge in [0.15, 0.2) is 0 Å². The lowest BCUT2D eigenvalue weighted by Crippen LogP contribution is -2.54. The van der Waals surface area contributed by atoms with Gasteiger partial charge in [-0.1, -0.05) is 74.2 Å². The van der Waals surface area contributed by atoms with E-state index in [-0.39, 0.29) is 23.4 Å². The second-order valence-electron chi connectivity index (χ2n) is 11.0. The van der Waals surface area contributed by atoms with Gasteiger partial charge in [0.05, 0.1) is 17.2 Å². The second-order valence-corrected chi connectivity index (χ2v) is 12.9. The van der Waals surface area contributed by atoms with Crippen LogP contribution in [0.5, 0.6) is 5.75 Å². The van der Waals surface area contributed by atoms with Crippen LogP contribution in [0.2, 0.25) is 0 Å². The number of nitrogens with zero attached hydrogens (tertiary/aromatic N) is 2. The van der Waals surface area contributed by atoms with Crippen molar-refractivity contribution in [2.45, 2.75) is 82.8 Å². The van der Waals surface area contributed by atoms with Crippen LogP contribution in [-0.2, 0) is 26.2 Å². The maximum Gasteiger partial charge on any atom is 0.264 e. The summed E-state index contributed by atoms with van der Waals surface area (Å²) >= 11 is 0. The molecule has 0 aromatic heterocycles. The van der Waals surface area contributed by atoms with Crippen LogP contribution in [0.4, 0.5) is 5.69 Å². The molecular weight excluding hydrogens is 562 g/mol. The van der Waals surface area contributed by atoms with E-state index in [9.17, 15) is 18.0 Å². The van der Waals surface area contributed by atoms with Gasteiger partial charge >= 0.3 is 0 Å². The lowest BCUT2D eigenvalue weighted by molar-refractivity contribution is -0.140. The van der Waals surface area contributed by atoms with Crippen LogP contribution >= 0.6 is 0 Å². The van der Waals surface area contributed by atoms with Gasteiger partial charge in [0, 0.05) is 12.6 Å². The molecule has 4 rings (SSSR count). The normalized spacial score (nSPS) is 14.5. The summed E-state index contributed by atoms with van der Waals surface area (Å²) in [5, 5.41) is 3.18. The number of ether oxygens (including phenoxy) is 1. The van der Waals surface area contributed by atoms with Crippen molar-refractivity contribution >= 4 is 27.5 Å². The van der Waals surface area contributed by atoms with Gasteiger partial charge in [-0.25, -0.2) is 8.42 Å². The molecule has 0 radical (unpaired) electrons. The quantitative estimate of drug-likeness (QED) is 0.264. The van der Waals surface area contributed by atoms with Gasteiger partial charge in [-0.2, -0.15) is 0 Å². The van der Waals surface area contributed by atoms with Crippen molar-refractivity contribution in [2.24, 2.45) is 0 Å². The van der Waals surface area contributed by atoms with Crippen LogP contribution in [0.3, 0.4) is 0 Å². The Labute approximate surface area is 256 Å². The fourth-order valence-electron chi connectivity index (χ4n) is 5.60. The summed E-state index contributed by atoms with van der Waals surface area (Å²) in [5.41, 5.74) is 2.27. The number of hydrogen-bond donors (Lipinski definition) is 1. The van der Waals surface area contributed by atoms with Gasteiger partial charge in [0.2, 0.25) is 11.8 Å². The summed E-state index contributed by atoms with van der Waals surface area (Å²) < 4.78 is 34.7. The van der Waals surface area contributed by atoms with Gasteiger partial charge in [0.25, 0.3) is 10.0 Å². The van der Waals surface area contributed by atoms with E-state index in [1.807, 2.05) is 45.0 Å². The molecule has 0 saturated heterocycles. The standard InChI is InChI=1S/C34H43N3O5S/c1-4-32(34(39)35-28-15-8-6-9-16-28)36(24-27-14-12-13-26(3)23-27)33(38)25-37(29-17-10-7-11-18-29)43(40,41)31-21-19-30(20-22-31)42-5-2/h7,10-14,17-23,28,32H,4-6,8-9,15-16,24-25H2,1-3H3,(H,35,39)/t32-/m0/s1. The molecule has 43 heavy (non-hydrogen) atoms. The number of hydrogen-bond acceptors (Lipinski definition) is 5. The van der Waals surface area contributed by atoms with Crippen LogP contribution < -0.4 is 14.4 Å². The zero-order chi connectivity index (χ0) is 30.8. The highest BCUT2D eigenvalue weighted by molar-refractivity contribution is 7.92. The molecule has 1 aliphatic rings. The fraction of sp³-hybridized carbons (Fsp3) is 0.412. The van der Waals surface area contributed by atoms with Gasteiger partial charge in [-0.05, 0) is 75.1 Å². The van der Waals surface area contributed by atoms with E-state index in [1.165, 1.54) is 23.5 Å². The number of benzene rings is 3. The van der Waals surface area contributed by atoms with Crippen molar-refractivity contribution in [3.05, 3.63) is 90.0 Å². The SMILES string of the molecule is CCOc1ccc(S(=O)(=O)N(CC(=O)N(Cc2cccc(C)c2)[C@@H](CC)C(=O)NC2CCCCC2)c2ccccc2)cc1. The van der Waals surface area contributed by atoms with E-state index >= 15 is 0 Å². The average molecular weight is 606 g/mol. The largest absolute Gasteiger partial charge is 0.494 e. The number of anilines is 1. The van der Waals surface area contributed by atoms with Crippen molar-refractivity contribution in [3.63, 3.8) is 0 Å². The Balaban J connectivity index is 1.68. The Hall–Kier alpha value is -3.85. The molecule has 1 atom stereocenters. The first kappa shape index (κ1) is 32.1. The van der Waals surface area contributed by atoms with Crippen LogP contribution in [0.1, 0.15) is 63.5 Å². The molecule has 0 unspecified atom stereocenters. The first-order valence-electron chi connectivity index (χ1n) is 15.2. The van der Waals surface area contributed by atoms with Crippen molar-refractivity contribution in [3.8, 4) is 5.75 Å². The molecule has 0 bridgehead atoms. The molecular formula is C34H43N3O5S. The number of rotatable bonds is 13. The molecule has 8 nitrogen and oxygen atoms in total. The number of aryl methyl sites for hydroxylation is 1. The van der Waals surface area contributed by atoms with Crippen LogP contribution in [0.15, 0.2) is 83.8 Å². The summed E-state index contributed by atoms with van der Waals surface area (Å²) in [6.07, 6.45) is 5.56. The van der Waals surface area contributed by atoms with Crippen molar-refractivity contribution in [1.82, 2.24) is 10.2 Å². The Morgan fingerprint density at radius 2 is 1.63 bits per heavy atom. The van der Waals surface area contributed by atoms with E-state index in [4.69, 9.17) is 4.74 Å². The number of amides is 2. The Bertz CT molecular complexity index is 1450. The third-order valence-electron chi connectivity index (χ3n) is 7.82. The topological polar surface area (TPSA) is 96.0 Å². The molecule has 1 saturated carbocycles. The van der Waals surface area contributed by atoms with E-state index in [1.54, 1.807) is 42.5 Å². The third-order valence-corrected chi connectivity index (χ3v) is 9.61. The number of para-hydroxylation sites is 1. The van der Waals surface area contributed by atoms with Crippen LogP contribution in [0.25, 0.3) is 0 Å². The van der Waals surface area contributed by atoms with E-state index in [0.717, 1.165) is 41.1 Å². The molecule has 0 spiro atoms. The molecule has 230 valence electrons. The van der Waals surface area contributed by atoms with Crippen molar-refractivity contribution in [2.75, 3.05) is 17.5 Å².